The van der Waals surface area contributed by atoms with E-state index in [4.69, 9.17) is 0 Å². The first-order chi connectivity index (χ1) is 9.36. The lowest BCUT2D eigenvalue weighted by Gasteiger charge is -2.22. The Kier molecular flexibility index (Phi) is 3.45. The summed E-state index contributed by atoms with van der Waals surface area (Å²) in [6, 6.07) is 10.1. The molecule has 0 bridgehead atoms. The number of nitrogens with zero attached hydrogens (tertiary/aromatic N) is 2. The Hall–Kier alpha value is -1.90. The predicted molar refractivity (Wildman–Crippen MR) is 77.8 cm³/mol. The van der Waals surface area contributed by atoms with Gasteiger partial charge in [0.1, 0.15) is 5.69 Å². The van der Waals surface area contributed by atoms with Crippen LogP contribution in [0.25, 0.3) is 10.9 Å². The molecule has 0 radical (unpaired) electrons. The van der Waals surface area contributed by atoms with Crippen LogP contribution >= 0.6 is 0 Å². The lowest BCUT2D eigenvalue weighted by atomic mass is 10.1. The Bertz CT molecular complexity index is 586. The Morgan fingerprint density at radius 2 is 1.79 bits per heavy atom. The summed E-state index contributed by atoms with van der Waals surface area (Å²) in [7, 11) is 0. The SMILES string of the molecule is O=Cc1ccc2cc(N3CCCCCC3)ccc2n1. The molecule has 0 unspecified atom stereocenters. The normalized spacial score (nSPS) is 16.3. The molecule has 0 saturated carbocycles. The van der Waals surface area contributed by atoms with Crippen molar-refractivity contribution in [2.24, 2.45) is 0 Å². The summed E-state index contributed by atoms with van der Waals surface area (Å²) in [5.41, 5.74) is 2.66. The molecule has 1 aliphatic heterocycles. The third kappa shape index (κ3) is 2.60. The smallest absolute Gasteiger partial charge is 0.168 e. The first-order valence-corrected chi connectivity index (χ1v) is 6.98. The van der Waals surface area contributed by atoms with E-state index in [1.54, 1.807) is 6.07 Å². The van der Waals surface area contributed by atoms with Gasteiger partial charge in [-0.1, -0.05) is 18.9 Å². The zero-order valence-electron chi connectivity index (χ0n) is 11.0. The number of aldehydes is 1. The molecule has 0 N–H and O–H groups in total. The first-order valence-electron chi connectivity index (χ1n) is 6.98. The third-order valence-electron chi connectivity index (χ3n) is 3.79. The highest BCUT2D eigenvalue weighted by Gasteiger charge is 2.10. The van der Waals surface area contributed by atoms with Crippen LogP contribution in [-0.4, -0.2) is 24.4 Å². The molecule has 1 aliphatic rings. The molecule has 0 aliphatic carbocycles. The molecule has 3 rings (SSSR count). The van der Waals surface area contributed by atoms with E-state index >= 15 is 0 Å². The molecule has 3 nitrogen and oxygen atoms in total. The molecule has 0 spiro atoms. The van der Waals surface area contributed by atoms with E-state index in [-0.39, 0.29) is 0 Å². The monoisotopic (exact) mass is 254 g/mol. The van der Waals surface area contributed by atoms with E-state index in [2.05, 4.69) is 22.0 Å². The van der Waals surface area contributed by atoms with Crippen molar-refractivity contribution in [1.82, 2.24) is 4.98 Å². The molecule has 1 aromatic carbocycles. The van der Waals surface area contributed by atoms with Gasteiger partial charge in [-0.3, -0.25) is 4.79 Å². The Morgan fingerprint density at radius 1 is 1.00 bits per heavy atom. The van der Waals surface area contributed by atoms with Crippen molar-refractivity contribution >= 4 is 22.9 Å². The van der Waals surface area contributed by atoms with Crippen LogP contribution in [0.1, 0.15) is 36.2 Å². The molecule has 98 valence electrons. The predicted octanol–water partition coefficient (Wildman–Crippen LogP) is 3.43. The number of benzene rings is 1. The highest BCUT2D eigenvalue weighted by molar-refractivity contribution is 5.86. The molecule has 1 fully saturated rings. The van der Waals surface area contributed by atoms with Crippen molar-refractivity contribution in [3.05, 3.63) is 36.0 Å². The maximum Gasteiger partial charge on any atom is 0.168 e. The van der Waals surface area contributed by atoms with Crippen LogP contribution in [0.2, 0.25) is 0 Å². The number of pyridine rings is 1. The van der Waals surface area contributed by atoms with Gasteiger partial charge in [-0.05, 0) is 37.1 Å². The molecule has 0 amide bonds. The average Bonchev–Trinajstić information content (AvgIpc) is 2.75. The van der Waals surface area contributed by atoms with Crippen LogP contribution in [-0.2, 0) is 0 Å². The van der Waals surface area contributed by atoms with Crippen molar-refractivity contribution in [2.75, 3.05) is 18.0 Å². The van der Waals surface area contributed by atoms with E-state index in [0.717, 1.165) is 30.3 Å². The maximum atomic E-state index is 10.7. The van der Waals surface area contributed by atoms with Gasteiger partial charge in [0.15, 0.2) is 6.29 Å². The van der Waals surface area contributed by atoms with Crippen molar-refractivity contribution in [2.45, 2.75) is 25.7 Å². The van der Waals surface area contributed by atoms with Gasteiger partial charge in [-0.15, -0.1) is 0 Å². The minimum atomic E-state index is 0.495. The standard InChI is InChI=1S/C16H18N2O/c19-12-14-6-5-13-11-15(7-8-16(13)17-14)18-9-3-1-2-4-10-18/h5-8,11-12H,1-4,9-10H2. The van der Waals surface area contributed by atoms with Gasteiger partial charge in [-0.25, -0.2) is 4.98 Å². The topological polar surface area (TPSA) is 33.2 Å². The number of anilines is 1. The number of aromatic nitrogens is 1. The van der Waals surface area contributed by atoms with Crippen LogP contribution < -0.4 is 4.90 Å². The maximum absolute atomic E-state index is 10.7. The van der Waals surface area contributed by atoms with Gasteiger partial charge in [0.2, 0.25) is 0 Å². The van der Waals surface area contributed by atoms with Gasteiger partial charge in [0.05, 0.1) is 5.52 Å². The van der Waals surface area contributed by atoms with E-state index in [9.17, 15) is 4.79 Å². The van der Waals surface area contributed by atoms with Gasteiger partial charge in [-0.2, -0.15) is 0 Å². The van der Waals surface area contributed by atoms with E-state index in [1.807, 2.05) is 12.1 Å². The van der Waals surface area contributed by atoms with Crippen LogP contribution in [0.5, 0.6) is 0 Å². The number of rotatable bonds is 2. The van der Waals surface area contributed by atoms with Crippen molar-refractivity contribution in [1.29, 1.82) is 0 Å². The van der Waals surface area contributed by atoms with Gasteiger partial charge < -0.3 is 4.90 Å². The second kappa shape index (κ2) is 5.39. The molecule has 1 saturated heterocycles. The van der Waals surface area contributed by atoms with Gasteiger partial charge >= 0.3 is 0 Å². The summed E-state index contributed by atoms with van der Waals surface area (Å²) in [4.78, 5) is 17.5. The van der Waals surface area contributed by atoms with Gasteiger partial charge in [0, 0.05) is 24.2 Å². The zero-order chi connectivity index (χ0) is 13.1. The number of carbonyl (C=O) groups is 1. The lowest BCUT2D eigenvalue weighted by Crippen LogP contribution is -2.23. The largest absolute Gasteiger partial charge is 0.372 e. The summed E-state index contributed by atoms with van der Waals surface area (Å²) >= 11 is 0. The van der Waals surface area contributed by atoms with Crippen molar-refractivity contribution < 1.29 is 4.79 Å². The second-order valence-electron chi connectivity index (χ2n) is 5.13. The summed E-state index contributed by atoms with van der Waals surface area (Å²) in [5.74, 6) is 0. The summed E-state index contributed by atoms with van der Waals surface area (Å²) in [6.45, 7) is 2.29. The fourth-order valence-corrected chi connectivity index (χ4v) is 2.72. The molecular formula is C16H18N2O. The molecule has 2 heterocycles. The Morgan fingerprint density at radius 3 is 2.53 bits per heavy atom. The number of carbonyl (C=O) groups excluding carboxylic acids is 1. The second-order valence-corrected chi connectivity index (χ2v) is 5.13. The van der Waals surface area contributed by atoms with E-state index in [0.29, 0.717) is 5.69 Å². The van der Waals surface area contributed by atoms with E-state index < -0.39 is 0 Å². The molecular weight excluding hydrogens is 236 g/mol. The quantitative estimate of drug-likeness (QED) is 0.770. The minimum Gasteiger partial charge on any atom is -0.372 e. The van der Waals surface area contributed by atoms with Crippen molar-refractivity contribution in [3.63, 3.8) is 0 Å². The van der Waals surface area contributed by atoms with Gasteiger partial charge in [0.25, 0.3) is 0 Å². The fourth-order valence-electron chi connectivity index (χ4n) is 2.72. The number of fused-ring (bicyclic) bond motifs is 1. The van der Waals surface area contributed by atoms with Crippen LogP contribution in [0.15, 0.2) is 30.3 Å². The Balaban J connectivity index is 1.94. The lowest BCUT2D eigenvalue weighted by molar-refractivity contribution is 0.111. The zero-order valence-corrected chi connectivity index (χ0v) is 11.0. The molecule has 3 heteroatoms. The highest BCUT2D eigenvalue weighted by atomic mass is 16.1. The number of hydrogen-bond donors (Lipinski definition) is 0. The third-order valence-corrected chi connectivity index (χ3v) is 3.79. The van der Waals surface area contributed by atoms with Crippen LogP contribution in [0.3, 0.4) is 0 Å². The van der Waals surface area contributed by atoms with Crippen molar-refractivity contribution in [3.8, 4) is 0 Å². The summed E-state index contributed by atoms with van der Waals surface area (Å²) in [5, 5.41) is 1.10. The Labute approximate surface area is 113 Å². The molecule has 0 atom stereocenters. The summed E-state index contributed by atoms with van der Waals surface area (Å²) < 4.78 is 0. The number of hydrogen-bond acceptors (Lipinski definition) is 3. The average molecular weight is 254 g/mol. The molecule has 19 heavy (non-hydrogen) atoms. The van der Waals surface area contributed by atoms with E-state index in [1.165, 1.54) is 31.4 Å². The molecule has 2 aromatic rings. The highest BCUT2D eigenvalue weighted by Crippen LogP contribution is 2.23. The molecule has 1 aromatic heterocycles. The summed E-state index contributed by atoms with van der Waals surface area (Å²) in [6.07, 6.45) is 6.03. The minimum absolute atomic E-state index is 0.495. The fraction of sp³-hybridized carbons (Fsp3) is 0.375. The van der Waals surface area contributed by atoms with Crippen LogP contribution in [0, 0.1) is 0 Å². The van der Waals surface area contributed by atoms with Crippen LogP contribution in [0.4, 0.5) is 5.69 Å². The first kappa shape index (κ1) is 12.2.